The highest BCUT2D eigenvalue weighted by molar-refractivity contribution is 5.75. The van der Waals surface area contributed by atoms with Gasteiger partial charge < -0.3 is 9.64 Å². The second kappa shape index (κ2) is 5.57. The van der Waals surface area contributed by atoms with E-state index in [0.717, 1.165) is 18.3 Å². The van der Waals surface area contributed by atoms with Gasteiger partial charge in [0.1, 0.15) is 0 Å². The predicted octanol–water partition coefficient (Wildman–Crippen LogP) is 3.09. The fraction of sp³-hybridized carbons (Fsp3) is 0.944. The molecular weight excluding hydrogens is 262 g/mol. The summed E-state index contributed by atoms with van der Waals surface area (Å²) in [6.07, 6.45) is 10.7. The smallest absolute Gasteiger partial charge is 0.309 e. The Morgan fingerprint density at radius 3 is 2.71 bits per heavy atom. The Morgan fingerprint density at radius 1 is 1.05 bits per heavy atom. The third kappa shape index (κ3) is 2.32. The lowest BCUT2D eigenvalue weighted by molar-refractivity contribution is -0.142. The fourth-order valence-corrected chi connectivity index (χ4v) is 6.06. The minimum Gasteiger partial charge on any atom is -0.465 e. The van der Waals surface area contributed by atoms with Crippen LogP contribution in [-0.2, 0) is 9.53 Å². The lowest BCUT2D eigenvalue weighted by atomic mass is 9.56. The molecule has 3 heteroatoms. The average Bonchev–Trinajstić information content (AvgIpc) is 2.87. The average molecular weight is 291 g/mol. The number of hydrogen-bond donors (Lipinski definition) is 0. The monoisotopic (exact) mass is 291 g/mol. The van der Waals surface area contributed by atoms with E-state index in [9.17, 15) is 4.79 Å². The molecule has 0 aromatic heterocycles. The van der Waals surface area contributed by atoms with Crippen LogP contribution in [0.4, 0.5) is 0 Å². The van der Waals surface area contributed by atoms with Crippen molar-refractivity contribution in [1.29, 1.82) is 0 Å². The van der Waals surface area contributed by atoms with E-state index in [0.29, 0.717) is 24.5 Å². The van der Waals surface area contributed by atoms with Gasteiger partial charge in [-0.25, -0.2) is 0 Å². The minimum atomic E-state index is 0.118. The zero-order valence-electron chi connectivity index (χ0n) is 13.3. The first-order valence-corrected chi connectivity index (χ1v) is 9.12. The Kier molecular flexibility index (Phi) is 3.72. The lowest BCUT2D eigenvalue weighted by Crippen LogP contribution is -2.53. The molecule has 0 spiro atoms. The SMILES string of the molecule is CN1CCCCC1C1[C@H]2CCCCC2C[C@@H]2C(=O)OC[C@H]12. The van der Waals surface area contributed by atoms with Gasteiger partial charge in [0.2, 0.25) is 0 Å². The van der Waals surface area contributed by atoms with E-state index in [4.69, 9.17) is 4.74 Å². The summed E-state index contributed by atoms with van der Waals surface area (Å²) in [5, 5.41) is 0. The molecule has 4 rings (SSSR count). The van der Waals surface area contributed by atoms with Gasteiger partial charge in [-0.1, -0.05) is 25.7 Å². The molecule has 0 radical (unpaired) electrons. The number of esters is 1. The van der Waals surface area contributed by atoms with Crippen molar-refractivity contribution in [2.75, 3.05) is 20.2 Å². The van der Waals surface area contributed by atoms with Crippen LogP contribution in [0.1, 0.15) is 51.4 Å². The van der Waals surface area contributed by atoms with Gasteiger partial charge in [-0.2, -0.15) is 0 Å². The molecule has 0 N–H and O–H groups in total. The van der Waals surface area contributed by atoms with Gasteiger partial charge in [-0.15, -0.1) is 0 Å². The summed E-state index contributed by atoms with van der Waals surface area (Å²) in [7, 11) is 2.31. The largest absolute Gasteiger partial charge is 0.465 e. The van der Waals surface area contributed by atoms with Crippen molar-refractivity contribution < 1.29 is 9.53 Å². The number of rotatable bonds is 1. The Bertz CT molecular complexity index is 404. The minimum absolute atomic E-state index is 0.118. The molecular formula is C18H29NO2. The maximum absolute atomic E-state index is 12.2. The predicted molar refractivity (Wildman–Crippen MR) is 81.8 cm³/mol. The van der Waals surface area contributed by atoms with Crippen LogP contribution in [0.15, 0.2) is 0 Å². The number of ether oxygens (including phenoxy) is 1. The maximum Gasteiger partial charge on any atom is 0.309 e. The molecule has 6 atom stereocenters. The summed E-state index contributed by atoms with van der Waals surface area (Å²) in [5.41, 5.74) is 0. The Morgan fingerprint density at radius 2 is 1.86 bits per heavy atom. The highest BCUT2D eigenvalue weighted by atomic mass is 16.5. The molecule has 2 heterocycles. The van der Waals surface area contributed by atoms with Crippen molar-refractivity contribution in [2.24, 2.45) is 29.6 Å². The molecule has 4 fully saturated rings. The molecule has 118 valence electrons. The second-order valence-electron chi connectivity index (χ2n) is 7.97. The van der Waals surface area contributed by atoms with Crippen LogP contribution in [0.3, 0.4) is 0 Å². The molecule has 2 aliphatic heterocycles. The highest BCUT2D eigenvalue weighted by Crippen LogP contribution is 2.53. The number of cyclic esters (lactones) is 1. The zero-order valence-corrected chi connectivity index (χ0v) is 13.3. The van der Waals surface area contributed by atoms with Crippen LogP contribution in [-0.4, -0.2) is 37.1 Å². The second-order valence-corrected chi connectivity index (χ2v) is 7.97. The maximum atomic E-state index is 12.2. The van der Waals surface area contributed by atoms with E-state index >= 15 is 0 Å². The summed E-state index contributed by atoms with van der Waals surface area (Å²) in [4.78, 5) is 14.8. The molecule has 0 amide bonds. The molecule has 2 aliphatic carbocycles. The van der Waals surface area contributed by atoms with Crippen molar-refractivity contribution in [1.82, 2.24) is 4.90 Å². The summed E-state index contributed by atoms with van der Waals surface area (Å²) < 4.78 is 5.50. The normalized spacial score (nSPS) is 47.6. The van der Waals surface area contributed by atoms with Gasteiger partial charge in [0, 0.05) is 12.0 Å². The van der Waals surface area contributed by atoms with Gasteiger partial charge in [0.25, 0.3) is 0 Å². The molecule has 4 aliphatic rings. The van der Waals surface area contributed by atoms with Crippen molar-refractivity contribution in [3.8, 4) is 0 Å². The van der Waals surface area contributed by atoms with Gasteiger partial charge in [-0.3, -0.25) is 4.79 Å². The summed E-state index contributed by atoms with van der Waals surface area (Å²) in [6.45, 7) is 1.95. The van der Waals surface area contributed by atoms with E-state index in [1.54, 1.807) is 0 Å². The standard InChI is InChI=1S/C18H29NO2/c1-19-9-5-4-8-16(19)17-13-7-3-2-6-12(13)10-14-15(17)11-21-18(14)20/h12-17H,2-11H2,1H3/t12?,13-,14-,15-,16?,17?/m0/s1. The third-order valence-corrected chi connectivity index (χ3v) is 7.02. The number of hydrogen-bond acceptors (Lipinski definition) is 3. The summed E-state index contributed by atoms with van der Waals surface area (Å²) in [5.74, 6) is 3.23. The molecule has 2 saturated carbocycles. The van der Waals surface area contributed by atoms with E-state index in [1.807, 2.05) is 0 Å². The summed E-state index contributed by atoms with van der Waals surface area (Å²) >= 11 is 0. The molecule has 3 unspecified atom stereocenters. The molecule has 2 saturated heterocycles. The number of fused-ring (bicyclic) bond motifs is 2. The molecule has 21 heavy (non-hydrogen) atoms. The molecule has 0 aromatic carbocycles. The van der Waals surface area contributed by atoms with Crippen molar-refractivity contribution >= 4 is 5.97 Å². The number of piperidine rings is 1. The zero-order chi connectivity index (χ0) is 14.4. The third-order valence-electron chi connectivity index (χ3n) is 7.02. The first-order chi connectivity index (χ1) is 10.3. The highest BCUT2D eigenvalue weighted by Gasteiger charge is 2.54. The van der Waals surface area contributed by atoms with Gasteiger partial charge >= 0.3 is 5.97 Å². The van der Waals surface area contributed by atoms with Gasteiger partial charge in [0.05, 0.1) is 12.5 Å². The van der Waals surface area contributed by atoms with E-state index in [-0.39, 0.29) is 11.9 Å². The Labute approximate surface area is 128 Å². The van der Waals surface area contributed by atoms with Crippen molar-refractivity contribution in [3.63, 3.8) is 0 Å². The molecule has 0 aromatic rings. The topological polar surface area (TPSA) is 29.5 Å². The van der Waals surface area contributed by atoms with Crippen LogP contribution in [0.25, 0.3) is 0 Å². The number of likely N-dealkylation sites (tertiary alicyclic amines) is 1. The number of nitrogens with zero attached hydrogens (tertiary/aromatic N) is 1. The first kappa shape index (κ1) is 14.0. The fourth-order valence-electron chi connectivity index (χ4n) is 6.06. The van der Waals surface area contributed by atoms with E-state index in [2.05, 4.69) is 11.9 Å². The summed E-state index contributed by atoms with van der Waals surface area (Å²) in [6, 6.07) is 0.701. The van der Waals surface area contributed by atoms with Gasteiger partial charge in [0.15, 0.2) is 0 Å². The van der Waals surface area contributed by atoms with E-state index in [1.165, 1.54) is 51.5 Å². The van der Waals surface area contributed by atoms with Crippen molar-refractivity contribution in [2.45, 2.75) is 57.4 Å². The van der Waals surface area contributed by atoms with Crippen LogP contribution in [0.2, 0.25) is 0 Å². The molecule has 0 bridgehead atoms. The Balaban J connectivity index is 1.64. The van der Waals surface area contributed by atoms with E-state index < -0.39 is 0 Å². The quantitative estimate of drug-likeness (QED) is 0.695. The van der Waals surface area contributed by atoms with Crippen LogP contribution < -0.4 is 0 Å². The Hall–Kier alpha value is -0.570. The van der Waals surface area contributed by atoms with Crippen LogP contribution in [0.5, 0.6) is 0 Å². The molecule has 3 nitrogen and oxygen atoms in total. The van der Waals surface area contributed by atoms with Crippen LogP contribution >= 0.6 is 0 Å². The number of carbonyl (C=O) groups is 1. The van der Waals surface area contributed by atoms with Crippen LogP contribution in [0, 0.1) is 29.6 Å². The number of carbonyl (C=O) groups excluding carboxylic acids is 1. The van der Waals surface area contributed by atoms with Gasteiger partial charge in [-0.05, 0) is 57.0 Å². The lowest BCUT2D eigenvalue weighted by Gasteiger charge is -2.51. The first-order valence-electron chi connectivity index (χ1n) is 9.12. The van der Waals surface area contributed by atoms with Crippen molar-refractivity contribution in [3.05, 3.63) is 0 Å².